The van der Waals surface area contributed by atoms with E-state index in [1.54, 1.807) is 6.07 Å². The van der Waals surface area contributed by atoms with Gasteiger partial charge in [-0.25, -0.2) is 4.39 Å². The predicted molar refractivity (Wildman–Crippen MR) is 148 cm³/mol. The topological polar surface area (TPSA) is 62.9 Å². The molecule has 0 aliphatic heterocycles. The van der Waals surface area contributed by atoms with Crippen molar-refractivity contribution in [2.24, 2.45) is 5.73 Å². The Bertz CT molecular complexity index is 1120. The zero-order valence-corrected chi connectivity index (χ0v) is 22.4. The van der Waals surface area contributed by atoms with Gasteiger partial charge in [-0.1, -0.05) is 26.3 Å². The summed E-state index contributed by atoms with van der Waals surface area (Å²) < 4.78 is 38.3. The van der Waals surface area contributed by atoms with Gasteiger partial charge in [0.15, 0.2) is 0 Å². The van der Waals surface area contributed by atoms with Gasteiger partial charge in [0.05, 0.1) is 26.4 Å². The highest BCUT2D eigenvalue weighted by Crippen LogP contribution is 2.32. The molecular formula is C31H40FNO4. The van der Waals surface area contributed by atoms with Crippen molar-refractivity contribution in [3.63, 3.8) is 0 Å². The molecule has 3 aromatic carbocycles. The van der Waals surface area contributed by atoms with Gasteiger partial charge < -0.3 is 24.7 Å². The number of unbranched alkanes of at least 4 members (excludes halogenated alkanes) is 1. The number of halogens is 1. The molecule has 6 heteroatoms. The number of benzene rings is 3. The fourth-order valence-corrected chi connectivity index (χ4v) is 3.95. The van der Waals surface area contributed by atoms with Crippen molar-refractivity contribution in [3.05, 3.63) is 71.5 Å². The van der Waals surface area contributed by atoms with Crippen LogP contribution in [0.1, 0.15) is 57.6 Å². The third kappa shape index (κ3) is 9.29. The maximum absolute atomic E-state index is 14.8. The summed E-state index contributed by atoms with van der Waals surface area (Å²) in [4.78, 5) is 0. The zero-order valence-electron chi connectivity index (χ0n) is 22.4. The summed E-state index contributed by atoms with van der Waals surface area (Å²) in [5, 5.41) is 0. The van der Waals surface area contributed by atoms with Gasteiger partial charge in [-0.3, -0.25) is 0 Å². The van der Waals surface area contributed by atoms with E-state index in [0.717, 1.165) is 59.4 Å². The maximum atomic E-state index is 14.8. The lowest BCUT2D eigenvalue weighted by Gasteiger charge is -2.14. The summed E-state index contributed by atoms with van der Waals surface area (Å²) in [5.74, 6) is 2.61. The van der Waals surface area contributed by atoms with Crippen LogP contribution in [0.4, 0.5) is 4.39 Å². The van der Waals surface area contributed by atoms with Crippen LogP contribution in [0.25, 0.3) is 11.1 Å². The summed E-state index contributed by atoms with van der Waals surface area (Å²) in [5.41, 5.74) is 9.05. The molecule has 0 aromatic heterocycles. The van der Waals surface area contributed by atoms with E-state index < -0.39 is 0 Å². The van der Waals surface area contributed by atoms with Gasteiger partial charge in [-0.05, 0) is 97.8 Å². The van der Waals surface area contributed by atoms with Gasteiger partial charge in [-0.2, -0.15) is 0 Å². The summed E-state index contributed by atoms with van der Waals surface area (Å²) in [6.45, 7) is 9.03. The molecule has 0 saturated heterocycles. The molecule has 37 heavy (non-hydrogen) atoms. The molecule has 0 fully saturated rings. The van der Waals surface area contributed by atoms with Crippen molar-refractivity contribution < 1.29 is 23.3 Å². The van der Waals surface area contributed by atoms with E-state index in [4.69, 9.17) is 24.7 Å². The van der Waals surface area contributed by atoms with E-state index >= 15 is 0 Å². The average Bonchev–Trinajstić information content (AvgIpc) is 2.87. The van der Waals surface area contributed by atoms with Crippen molar-refractivity contribution in [3.8, 4) is 34.1 Å². The summed E-state index contributed by atoms with van der Waals surface area (Å²) in [7, 11) is 0. The van der Waals surface area contributed by atoms with Crippen molar-refractivity contribution in [1.29, 1.82) is 0 Å². The first-order valence-electron chi connectivity index (χ1n) is 13.3. The molecule has 0 spiro atoms. The monoisotopic (exact) mass is 509 g/mol. The minimum atomic E-state index is -0.294. The van der Waals surface area contributed by atoms with Crippen molar-refractivity contribution >= 4 is 0 Å². The Morgan fingerprint density at radius 3 is 1.78 bits per heavy atom. The second-order valence-corrected chi connectivity index (χ2v) is 9.00. The third-order valence-corrected chi connectivity index (χ3v) is 5.69. The third-order valence-electron chi connectivity index (χ3n) is 5.69. The Hall–Kier alpha value is -3.25. The van der Waals surface area contributed by atoms with Crippen molar-refractivity contribution in [2.75, 3.05) is 33.0 Å². The van der Waals surface area contributed by atoms with E-state index in [1.807, 2.05) is 49.4 Å². The van der Waals surface area contributed by atoms with Crippen molar-refractivity contribution in [2.45, 2.75) is 52.9 Å². The Labute approximate surface area is 220 Å². The SMILES string of the molecule is CCCCOc1cc(Cc2cc(F)cc(-c3cc(OCC)cc(OCCCN)c3)c2)cc(OCCC)c1. The predicted octanol–water partition coefficient (Wildman–Crippen LogP) is 7.18. The molecular weight excluding hydrogens is 469 g/mol. The van der Waals surface area contributed by atoms with E-state index in [2.05, 4.69) is 13.8 Å². The van der Waals surface area contributed by atoms with Gasteiger partial charge in [0, 0.05) is 12.1 Å². The molecule has 3 aromatic rings. The lowest BCUT2D eigenvalue weighted by molar-refractivity contribution is 0.297. The summed E-state index contributed by atoms with van der Waals surface area (Å²) >= 11 is 0. The van der Waals surface area contributed by atoms with Gasteiger partial charge in [0.1, 0.15) is 28.8 Å². The Balaban J connectivity index is 1.90. The first-order valence-corrected chi connectivity index (χ1v) is 13.3. The highest BCUT2D eigenvalue weighted by molar-refractivity contribution is 5.68. The van der Waals surface area contributed by atoms with Crippen LogP contribution < -0.4 is 24.7 Å². The van der Waals surface area contributed by atoms with Gasteiger partial charge in [0.25, 0.3) is 0 Å². The van der Waals surface area contributed by atoms with E-state index in [9.17, 15) is 4.39 Å². The summed E-state index contributed by atoms with van der Waals surface area (Å²) in [6.07, 6.45) is 4.27. The minimum Gasteiger partial charge on any atom is -0.494 e. The molecule has 0 radical (unpaired) electrons. The first kappa shape index (κ1) is 28.3. The fourth-order valence-electron chi connectivity index (χ4n) is 3.95. The van der Waals surface area contributed by atoms with Gasteiger partial charge in [0.2, 0.25) is 0 Å². The highest BCUT2D eigenvalue weighted by atomic mass is 19.1. The quantitative estimate of drug-likeness (QED) is 0.207. The number of hydrogen-bond donors (Lipinski definition) is 1. The zero-order chi connectivity index (χ0) is 26.5. The Morgan fingerprint density at radius 2 is 1.16 bits per heavy atom. The molecule has 0 bridgehead atoms. The molecule has 2 N–H and O–H groups in total. The van der Waals surface area contributed by atoms with E-state index in [1.165, 1.54) is 6.07 Å². The lowest BCUT2D eigenvalue weighted by atomic mass is 9.98. The molecule has 0 unspecified atom stereocenters. The fraction of sp³-hybridized carbons (Fsp3) is 0.419. The Morgan fingerprint density at radius 1 is 0.595 bits per heavy atom. The largest absolute Gasteiger partial charge is 0.494 e. The second kappa shape index (κ2) is 15.1. The Kier molecular flexibility index (Phi) is 11.6. The molecule has 0 saturated carbocycles. The number of nitrogens with two attached hydrogens (primary N) is 1. The summed E-state index contributed by atoms with van der Waals surface area (Å²) in [6, 6.07) is 16.7. The van der Waals surface area contributed by atoms with Crippen LogP contribution in [0.5, 0.6) is 23.0 Å². The molecule has 0 aliphatic rings. The molecule has 3 rings (SSSR count). The minimum absolute atomic E-state index is 0.294. The second-order valence-electron chi connectivity index (χ2n) is 9.00. The number of rotatable bonds is 16. The molecule has 0 heterocycles. The van der Waals surface area contributed by atoms with Crippen LogP contribution in [-0.2, 0) is 6.42 Å². The van der Waals surface area contributed by atoms with Gasteiger partial charge >= 0.3 is 0 Å². The molecule has 200 valence electrons. The molecule has 0 aliphatic carbocycles. The first-order chi connectivity index (χ1) is 18.0. The van der Waals surface area contributed by atoms with E-state index in [-0.39, 0.29) is 5.82 Å². The lowest BCUT2D eigenvalue weighted by Crippen LogP contribution is -2.06. The number of hydrogen-bond acceptors (Lipinski definition) is 5. The standard InChI is InChI=1S/C31H40FNO4/c1-4-7-11-36-29-17-24(16-28(21-29)35-10-5-2)13-23-14-25(18-27(32)15-23)26-19-30(34-6-3)22-31(20-26)37-12-8-9-33/h14-22H,4-13,33H2,1-3H3. The maximum Gasteiger partial charge on any atom is 0.124 e. The highest BCUT2D eigenvalue weighted by Gasteiger charge is 2.11. The number of ether oxygens (including phenoxy) is 4. The van der Waals surface area contributed by atoms with Gasteiger partial charge in [-0.15, -0.1) is 0 Å². The normalized spacial score (nSPS) is 10.8. The van der Waals surface area contributed by atoms with Crippen LogP contribution in [0.3, 0.4) is 0 Å². The molecule has 5 nitrogen and oxygen atoms in total. The van der Waals surface area contributed by atoms with Crippen LogP contribution in [-0.4, -0.2) is 33.0 Å². The van der Waals surface area contributed by atoms with Crippen molar-refractivity contribution in [1.82, 2.24) is 0 Å². The van der Waals surface area contributed by atoms with Crippen LogP contribution >= 0.6 is 0 Å². The van der Waals surface area contributed by atoms with Crippen LogP contribution in [0, 0.1) is 5.82 Å². The average molecular weight is 510 g/mol. The van der Waals surface area contributed by atoms with Crippen LogP contribution in [0.15, 0.2) is 54.6 Å². The molecule has 0 amide bonds. The molecule has 0 atom stereocenters. The van der Waals surface area contributed by atoms with Crippen LogP contribution in [0.2, 0.25) is 0 Å². The smallest absolute Gasteiger partial charge is 0.124 e. The van der Waals surface area contributed by atoms with E-state index in [0.29, 0.717) is 50.9 Å².